The minimum Gasteiger partial charge on any atom is -0.275 e. The Hall–Kier alpha value is -2.52. The van der Waals surface area contributed by atoms with Gasteiger partial charge in [0.25, 0.3) is 0 Å². The lowest BCUT2D eigenvalue weighted by atomic mass is 10.2. The van der Waals surface area contributed by atoms with Gasteiger partial charge in [0.15, 0.2) is 23.3 Å². The lowest BCUT2D eigenvalue weighted by Gasteiger charge is -2.06. The number of halogens is 5. The van der Waals surface area contributed by atoms with Crippen molar-refractivity contribution in [3.63, 3.8) is 0 Å². The summed E-state index contributed by atoms with van der Waals surface area (Å²) in [5.74, 6) is -11.5. The van der Waals surface area contributed by atoms with E-state index in [0.717, 1.165) is 0 Å². The first-order valence-corrected chi connectivity index (χ1v) is 4.99. The maximum Gasteiger partial charge on any atom is 0.344 e. The second-order valence-corrected chi connectivity index (χ2v) is 3.64. The van der Waals surface area contributed by atoms with E-state index >= 15 is 0 Å². The lowest BCUT2D eigenvalue weighted by Crippen LogP contribution is -2.24. The quantitative estimate of drug-likeness (QED) is 0.293. The Morgan fingerprint density at radius 1 is 0.950 bits per heavy atom. The van der Waals surface area contributed by atoms with Gasteiger partial charge in [0.1, 0.15) is 6.54 Å². The molecule has 10 heteroatoms. The van der Waals surface area contributed by atoms with Gasteiger partial charge in [0.2, 0.25) is 11.7 Å². The molecule has 20 heavy (non-hydrogen) atoms. The summed E-state index contributed by atoms with van der Waals surface area (Å²) in [5.41, 5.74) is -1.31. The lowest BCUT2D eigenvalue weighted by molar-refractivity contribution is -0.118. The van der Waals surface area contributed by atoms with Gasteiger partial charge in [-0.25, -0.2) is 31.8 Å². The molecule has 0 aromatic heterocycles. The van der Waals surface area contributed by atoms with Crippen molar-refractivity contribution in [1.29, 1.82) is 0 Å². The smallest absolute Gasteiger partial charge is 0.275 e. The number of benzene rings is 1. The molecule has 106 valence electrons. The molecule has 1 saturated heterocycles. The average Bonchev–Trinajstić information content (AvgIpc) is 2.72. The van der Waals surface area contributed by atoms with Crippen LogP contribution in [-0.2, 0) is 4.79 Å². The van der Waals surface area contributed by atoms with Crippen molar-refractivity contribution in [1.82, 2.24) is 10.3 Å². The van der Waals surface area contributed by atoms with Crippen molar-refractivity contribution in [2.24, 2.45) is 5.10 Å². The molecule has 1 fully saturated rings. The number of nitrogens with one attached hydrogen (secondary N) is 1. The molecule has 0 spiro atoms. The van der Waals surface area contributed by atoms with E-state index in [1.165, 1.54) is 0 Å². The highest BCUT2D eigenvalue weighted by Gasteiger charge is 2.28. The van der Waals surface area contributed by atoms with E-state index in [1.54, 1.807) is 5.32 Å². The number of nitrogens with zero attached hydrogens (tertiary/aromatic N) is 2. The molecule has 1 aliphatic rings. The van der Waals surface area contributed by atoms with E-state index in [-0.39, 0.29) is 6.21 Å². The van der Waals surface area contributed by atoms with E-state index in [1.807, 2.05) is 0 Å². The SMILES string of the molecule is O=C1CN(/N=C\c2c(F)c(F)c(F)c(F)c2F)C(=O)N1. The molecule has 1 heterocycles. The molecule has 2 rings (SSSR count). The molecular weight excluding hydrogens is 289 g/mol. The summed E-state index contributed by atoms with van der Waals surface area (Å²) in [6.45, 7) is -0.523. The molecule has 1 aromatic rings. The standard InChI is InChI=1S/C10H4F5N3O2/c11-5-3(6(12)8(14)9(15)7(5)13)1-16-18-2-4(19)17-10(18)20/h1H,2H2,(H,17,19,20)/b16-1-. The molecule has 0 aliphatic carbocycles. The van der Waals surface area contributed by atoms with E-state index in [0.29, 0.717) is 5.01 Å². The molecule has 1 N–H and O–H groups in total. The zero-order chi connectivity index (χ0) is 15.0. The van der Waals surface area contributed by atoms with E-state index in [9.17, 15) is 31.5 Å². The fraction of sp³-hybridized carbons (Fsp3) is 0.100. The molecule has 1 aromatic carbocycles. The first-order chi connectivity index (χ1) is 9.32. The second kappa shape index (κ2) is 4.87. The number of carbonyl (C=O) groups is 2. The number of carbonyl (C=O) groups excluding carboxylic acids is 2. The monoisotopic (exact) mass is 293 g/mol. The van der Waals surface area contributed by atoms with Crippen LogP contribution in [0, 0.1) is 29.1 Å². The number of hydrogen-bond donors (Lipinski definition) is 1. The van der Waals surface area contributed by atoms with Crippen LogP contribution >= 0.6 is 0 Å². The van der Waals surface area contributed by atoms with Gasteiger partial charge in [-0.15, -0.1) is 0 Å². The minimum atomic E-state index is -2.30. The van der Waals surface area contributed by atoms with Crippen LogP contribution in [-0.4, -0.2) is 29.7 Å². The van der Waals surface area contributed by atoms with Crippen LogP contribution in [0.5, 0.6) is 0 Å². The highest BCUT2D eigenvalue weighted by Crippen LogP contribution is 2.21. The maximum atomic E-state index is 13.3. The van der Waals surface area contributed by atoms with Crippen molar-refractivity contribution in [3.05, 3.63) is 34.6 Å². The summed E-state index contributed by atoms with van der Waals surface area (Å²) in [4.78, 5) is 21.8. The molecule has 1 aliphatic heterocycles. The van der Waals surface area contributed by atoms with Crippen molar-refractivity contribution in [2.75, 3.05) is 6.54 Å². The number of urea groups is 1. The first-order valence-electron chi connectivity index (χ1n) is 4.99. The Bertz CT molecular complexity index is 617. The third-order valence-corrected chi connectivity index (χ3v) is 2.34. The van der Waals surface area contributed by atoms with Crippen LogP contribution in [0.25, 0.3) is 0 Å². The first kappa shape index (κ1) is 13.9. The Morgan fingerprint density at radius 3 is 1.90 bits per heavy atom. The van der Waals surface area contributed by atoms with Gasteiger partial charge < -0.3 is 0 Å². The Morgan fingerprint density at radius 2 is 1.45 bits per heavy atom. The fourth-order valence-corrected chi connectivity index (χ4v) is 1.39. The number of hydrogen-bond acceptors (Lipinski definition) is 3. The molecule has 0 atom stereocenters. The van der Waals surface area contributed by atoms with Gasteiger partial charge in [-0.1, -0.05) is 0 Å². The van der Waals surface area contributed by atoms with Crippen LogP contribution in [0.3, 0.4) is 0 Å². The summed E-state index contributed by atoms with van der Waals surface area (Å²) in [5, 5.41) is 5.47. The summed E-state index contributed by atoms with van der Waals surface area (Å²) >= 11 is 0. The molecule has 0 unspecified atom stereocenters. The van der Waals surface area contributed by atoms with E-state index in [4.69, 9.17) is 0 Å². The van der Waals surface area contributed by atoms with Crippen molar-refractivity contribution in [3.8, 4) is 0 Å². The summed E-state index contributed by atoms with van der Waals surface area (Å²) in [7, 11) is 0. The van der Waals surface area contributed by atoms with Crippen molar-refractivity contribution < 1.29 is 31.5 Å². The van der Waals surface area contributed by atoms with Gasteiger partial charge in [-0.05, 0) is 0 Å². The van der Waals surface area contributed by atoms with Crippen LogP contribution < -0.4 is 5.32 Å². The van der Waals surface area contributed by atoms with E-state index < -0.39 is 53.1 Å². The largest absolute Gasteiger partial charge is 0.344 e. The predicted octanol–water partition coefficient (Wildman–Crippen LogP) is 1.27. The number of rotatable bonds is 2. The summed E-state index contributed by atoms with van der Waals surface area (Å²) in [6, 6.07) is -0.977. The van der Waals surface area contributed by atoms with Gasteiger partial charge in [-0.3, -0.25) is 10.1 Å². The van der Waals surface area contributed by atoms with Crippen LogP contribution in [0.1, 0.15) is 5.56 Å². The Kier molecular flexibility index (Phi) is 3.38. The van der Waals surface area contributed by atoms with Gasteiger partial charge in [0, 0.05) is 0 Å². The maximum absolute atomic E-state index is 13.3. The fourth-order valence-electron chi connectivity index (χ4n) is 1.39. The Labute approximate surface area is 107 Å². The molecule has 0 radical (unpaired) electrons. The summed E-state index contributed by atoms with van der Waals surface area (Å²) in [6.07, 6.45) is 0.272. The topological polar surface area (TPSA) is 61.8 Å². The van der Waals surface area contributed by atoms with Gasteiger partial charge >= 0.3 is 6.03 Å². The number of amides is 3. The highest BCUT2D eigenvalue weighted by atomic mass is 19.2. The van der Waals surface area contributed by atoms with Crippen LogP contribution in [0.2, 0.25) is 0 Å². The zero-order valence-corrected chi connectivity index (χ0v) is 9.39. The normalized spacial score (nSPS) is 15.3. The minimum absolute atomic E-state index is 0.272. The van der Waals surface area contributed by atoms with Crippen molar-refractivity contribution in [2.45, 2.75) is 0 Å². The summed E-state index contributed by atoms with van der Waals surface area (Å²) < 4.78 is 65.0. The van der Waals surface area contributed by atoms with Gasteiger partial charge in [-0.2, -0.15) is 5.10 Å². The zero-order valence-electron chi connectivity index (χ0n) is 9.39. The highest BCUT2D eigenvalue weighted by molar-refractivity contribution is 6.02. The molecule has 3 amide bonds. The third kappa shape index (κ3) is 2.19. The molecule has 0 bridgehead atoms. The van der Waals surface area contributed by atoms with Gasteiger partial charge in [0.05, 0.1) is 11.8 Å². The predicted molar refractivity (Wildman–Crippen MR) is 54.1 cm³/mol. The van der Waals surface area contributed by atoms with Crippen LogP contribution in [0.15, 0.2) is 5.10 Å². The Balaban J connectivity index is 2.40. The van der Waals surface area contributed by atoms with Crippen molar-refractivity contribution >= 4 is 18.2 Å². The number of imide groups is 1. The number of hydrazone groups is 1. The molecule has 0 saturated carbocycles. The third-order valence-electron chi connectivity index (χ3n) is 2.34. The molecule has 5 nitrogen and oxygen atoms in total. The van der Waals surface area contributed by atoms with E-state index in [2.05, 4.69) is 5.10 Å². The van der Waals surface area contributed by atoms with Crippen LogP contribution in [0.4, 0.5) is 26.7 Å². The molecular formula is C10H4F5N3O2. The average molecular weight is 293 g/mol. The second-order valence-electron chi connectivity index (χ2n) is 3.64.